The molecule has 0 radical (unpaired) electrons. The zero-order valence-electron chi connectivity index (χ0n) is 28.3. The van der Waals surface area contributed by atoms with Crippen LogP contribution in [0.3, 0.4) is 0 Å². The Bertz CT molecular complexity index is 1140. The molecule has 2 atom stereocenters. The zero-order chi connectivity index (χ0) is 29.5. The van der Waals surface area contributed by atoms with Crippen molar-refractivity contribution in [2.45, 2.75) is 115 Å². The summed E-state index contributed by atoms with van der Waals surface area (Å²) in [5.41, 5.74) is 12.8. The Morgan fingerprint density at radius 2 is 0.814 bits per heavy atom. The topological polar surface area (TPSA) is 0 Å². The van der Waals surface area contributed by atoms with Gasteiger partial charge in [-0.2, -0.15) is 0 Å². The van der Waals surface area contributed by atoms with Crippen molar-refractivity contribution in [2.24, 2.45) is 0 Å². The molecule has 2 aliphatic carbocycles. The predicted octanol–water partition coefficient (Wildman–Crippen LogP) is 6.67. The van der Waals surface area contributed by atoms with Gasteiger partial charge in [0, 0.05) is 0 Å². The average Bonchev–Trinajstić information content (AvgIpc) is 3.54. The third-order valence-corrected chi connectivity index (χ3v) is 18.7. The van der Waals surface area contributed by atoms with E-state index in [1.165, 1.54) is 87.1 Å². The van der Waals surface area contributed by atoms with Gasteiger partial charge in [-0.1, -0.05) is 0 Å². The van der Waals surface area contributed by atoms with Crippen molar-refractivity contribution in [1.29, 1.82) is 0 Å². The summed E-state index contributed by atoms with van der Waals surface area (Å²) in [6, 6.07) is 9.66. The molecule has 43 heavy (non-hydrogen) atoms. The molecule has 0 bridgehead atoms. The third kappa shape index (κ3) is 9.12. The number of fused-ring (bicyclic) bond motifs is 2. The van der Waals surface area contributed by atoms with Crippen LogP contribution in [0, 0.1) is 27.7 Å². The van der Waals surface area contributed by atoms with Gasteiger partial charge in [0.1, 0.15) is 0 Å². The molecule has 0 nitrogen and oxygen atoms in total. The van der Waals surface area contributed by atoms with Crippen LogP contribution < -0.4 is 24.8 Å². The second-order valence-electron chi connectivity index (χ2n) is 12.6. The number of hydrogen-bond acceptors (Lipinski definition) is 0. The van der Waals surface area contributed by atoms with Gasteiger partial charge in [0.15, 0.2) is 0 Å². The fourth-order valence-electron chi connectivity index (χ4n) is 6.80. The minimum absolute atomic E-state index is 0. The van der Waals surface area contributed by atoms with Crippen LogP contribution in [-0.4, -0.2) is 24.6 Å². The Morgan fingerprint density at radius 1 is 0.512 bits per heavy atom. The van der Waals surface area contributed by atoms with Gasteiger partial charge in [0.05, 0.1) is 0 Å². The van der Waals surface area contributed by atoms with E-state index in [1.807, 2.05) is 10.6 Å². The average molecular weight is 694 g/mol. The standard InChI is InChI=1S/2C19H28P.2ClH.Ti/c2*1-5-7-11-20(12-8-6-2)17-13-18-15(3)9-10-16(4)19(18)14-17;;;/h2*9-10,13-14H,5-8,11-12H2,1-4H3;2*1H;/q;;;;+2/p-2. The maximum Gasteiger partial charge on any atom is -1.00 e. The van der Waals surface area contributed by atoms with E-state index in [1.54, 1.807) is 33.4 Å². The fraction of sp³-hybridized carbons (Fsp3) is 0.579. The molecule has 4 rings (SSSR count). The number of hydrogen-bond donors (Lipinski definition) is 0. The van der Waals surface area contributed by atoms with E-state index in [9.17, 15) is 0 Å². The van der Waals surface area contributed by atoms with Crippen molar-refractivity contribution in [3.8, 4) is 0 Å². The van der Waals surface area contributed by atoms with E-state index in [-0.39, 0.29) is 59.8 Å². The summed E-state index contributed by atoms with van der Waals surface area (Å²) in [6.07, 6.45) is 22.1. The van der Waals surface area contributed by atoms with Gasteiger partial charge in [-0.25, -0.2) is 0 Å². The molecule has 0 aromatic heterocycles. The molecule has 2 aliphatic rings. The van der Waals surface area contributed by atoms with Crippen LogP contribution >= 0.6 is 15.8 Å². The first-order chi connectivity index (χ1) is 19.9. The summed E-state index contributed by atoms with van der Waals surface area (Å²) >= 11 is -0.327. The number of allylic oxidation sites excluding steroid dienone is 2. The van der Waals surface area contributed by atoms with E-state index in [4.69, 9.17) is 0 Å². The van der Waals surface area contributed by atoms with Crippen molar-refractivity contribution in [2.75, 3.05) is 24.6 Å². The number of rotatable bonds is 16. The van der Waals surface area contributed by atoms with Crippen LogP contribution in [-0.2, 0) is 19.2 Å². The normalized spacial score (nSPS) is 16.8. The van der Waals surface area contributed by atoms with Crippen LogP contribution in [0.25, 0.3) is 12.2 Å². The van der Waals surface area contributed by atoms with E-state index < -0.39 is 0 Å². The van der Waals surface area contributed by atoms with E-state index in [2.05, 4.69) is 91.8 Å². The number of halogens is 2. The second kappa shape index (κ2) is 19.0. The molecular weight excluding hydrogens is 637 g/mol. The molecule has 0 heterocycles. The molecule has 2 aromatic rings. The first kappa shape index (κ1) is 39.3. The smallest absolute Gasteiger partial charge is 1.00 e. The van der Waals surface area contributed by atoms with Crippen LogP contribution in [0.2, 0.25) is 0 Å². The van der Waals surface area contributed by atoms with Crippen LogP contribution in [0.1, 0.15) is 132 Å². The molecular formula is C38H56Cl2P2Ti. The molecule has 0 N–H and O–H groups in total. The maximum absolute atomic E-state index is 2.75. The molecule has 2 aromatic carbocycles. The van der Waals surface area contributed by atoms with E-state index in [0.29, 0.717) is 8.45 Å². The summed E-state index contributed by atoms with van der Waals surface area (Å²) in [4.78, 5) is 0. The quantitative estimate of drug-likeness (QED) is 0.136. The first-order valence-electron chi connectivity index (χ1n) is 16.7. The minimum Gasteiger partial charge on any atom is -1.00 e. The van der Waals surface area contributed by atoms with Crippen LogP contribution in [0.4, 0.5) is 0 Å². The number of unbranched alkanes of at least 4 members (excludes halogenated alkanes) is 4. The number of benzene rings is 2. The maximum atomic E-state index is 2.75. The molecule has 2 unspecified atom stereocenters. The predicted molar refractivity (Wildman–Crippen MR) is 186 cm³/mol. The van der Waals surface area contributed by atoms with E-state index in [0.717, 1.165) is 0 Å². The van der Waals surface area contributed by atoms with Crippen molar-refractivity contribution < 1.29 is 44.0 Å². The Kier molecular flexibility index (Phi) is 17.4. The van der Waals surface area contributed by atoms with Gasteiger partial charge in [-0.3, -0.25) is 0 Å². The summed E-state index contributed by atoms with van der Waals surface area (Å²) in [5.74, 6) is 0. The van der Waals surface area contributed by atoms with Gasteiger partial charge in [0.25, 0.3) is 0 Å². The molecule has 0 fully saturated rings. The Hall–Kier alpha value is 0.0743. The van der Waals surface area contributed by atoms with E-state index >= 15 is 0 Å². The summed E-state index contributed by atoms with van der Waals surface area (Å²) in [6.45, 7) is 19.1. The molecule has 0 spiro atoms. The van der Waals surface area contributed by atoms with Gasteiger partial charge >= 0.3 is 266 Å². The molecule has 236 valence electrons. The van der Waals surface area contributed by atoms with Crippen molar-refractivity contribution in [1.82, 2.24) is 0 Å². The second-order valence-corrected chi connectivity index (χ2v) is 19.9. The SMILES string of the molecule is CCCCP(CCCC)C1=Cc2c(C)ccc(C)c2[CH]1[Ti+2][CH]1C(P(CCCC)CCCC)=Cc2c(C)ccc(C)c21.[Cl-].[Cl-]. The molecule has 0 amide bonds. The summed E-state index contributed by atoms with van der Waals surface area (Å²) < 4.78 is 1.41. The van der Waals surface area contributed by atoms with Crippen LogP contribution in [0.15, 0.2) is 34.9 Å². The van der Waals surface area contributed by atoms with Gasteiger partial charge < -0.3 is 24.8 Å². The molecule has 0 aliphatic heterocycles. The Morgan fingerprint density at radius 3 is 1.12 bits per heavy atom. The monoisotopic (exact) mass is 692 g/mol. The minimum atomic E-state index is -0.327. The number of aryl methyl sites for hydroxylation is 4. The first-order valence-corrected chi connectivity index (χ1v) is 22.0. The van der Waals surface area contributed by atoms with Crippen molar-refractivity contribution in [3.63, 3.8) is 0 Å². The van der Waals surface area contributed by atoms with Gasteiger partial charge in [0.2, 0.25) is 0 Å². The Labute approximate surface area is 289 Å². The van der Waals surface area contributed by atoms with Crippen molar-refractivity contribution >= 4 is 28.0 Å². The molecule has 0 saturated heterocycles. The summed E-state index contributed by atoms with van der Waals surface area (Å²) in [7, 11) is -0.111. The van der Waals surface area contributed by atoms with Crippen LogP contribution in [0.5, 0.6) is 0 Å². The largest absolute Gasteiger partial charge is 1.00 e. The third-order valence-electron chi connectivity index (χ3n) is 9.39. The van der Waals surface area contributed by atoms with Gasteiger partial charge in [-0.15, -0.1) is 0 Å². The summed E-state index contributed by atoms with van der Waals surface area (Å²) in [5, 5.41) is 3.80. The Balaban J connectivity index is 0.00000323. The molecule has 0 saturated carbocycles. The fourth-order valence-corrected chi connectivity index (χ4v) is 18.0. The van der Waals surface area contributed by atoms with Gasteiger partial charge in [-0.05, 0) is 0 Å². The zero-order valence-corrected chi connectivity index (χ0v) is 33.1. The van der Waals surface area contributed by atoms with Crippen molar-refractivity contribution in [3.05, 3.63) is 79.4 Å². The molecule has 5 heteroatoms.